The lowest BCUT2D eigenvalue weighted by Gasteiger charge is -2.24. The van der Waals surface area contributed by atoms with Crippen LogP contribution in [-0.2, 0) is 5.60 Å². The summed E-state index contributed by atoms with van der Waals surface area (Å²) in [6.07, 6.45) is 0. The van der Waals surface area contributed by atoms with E-state index in [1.807, 2.05) is 30.3 Å². The number of benzene rings is 2. The van der Waals surface area contributed by atoms with E-state index in [0.717, 1.165) is 5.56 Å². The van der Waals surface area contributed by atoms with Gasteiger partial charge in [0.05, 0.1) is 4.92 Å². The molecule has 0 radical (unpaired) electrons. The fraction of sp³-hybridized carbons (Fsp3) is 0.143. The van der Waals surface area contributed by atoms with Crippen LogP contribution in [0.15, 0.2) is 54.6 Å². The average molecular weight is 243 g/mol. The quantitative estimate of drug-likeness (QED) is 0.666. The highest BCUT2D eigenvalue weighted by molar-refractivity contribution is 5.40. The molecule has 1 atom stereocenters. The summed E-state index contributed by atoms with van der Waals surface area (Å²) in [5.41, 5.74) is 0.233. The van der Waals surface area contributed by atoms with Crippen molar-refractivity contribution in [2.45, 2.75) is 12.5 Å². The van der Waals surface area contributed by atoms with E-state index in [0.29, 0.717) is 5.56 Å². The number of nitro groups is 1. The summed E-state index contributed by atoms with van der Waals surface area (Å²) >= 11 is 0. The smallest absolute Gasteiger partial charge is 0.269 e. The van der Waals surface area contributed by atoms with Gasteiger partial charge >= 0.3 is 0 Å². The van der Waals surface area contributed by atoms with Crippen molar-refractivity contribution in [2.24, 2.45) is 0 Å². The lowest BCUT2D eigenvalue weighted by molar-refractivity contribution is -0.384. The molecule has 0 spiro atoms. The second-order valence-electron chi connectivity index (χ2n) is 4.24. The second kappa shape index (κ2) is 4.58. The van der Waals surface area contributed by atoms with E-state index in [1.165, 1.54) is 12.1 Å². The summed E-state index contributed by atoms with van der Waals surface area (Å²) in [6, 6.07) is 15.1. The molecule has 0 heterocycles. The van der Waals surface area contributed by atoms with Gasteiger partial charge in [-0.1, -0.05) is 30.3 Å². The van der Waals surface area contributed by atoms with Crippen molar-refractivity contribution in [3.63, 3.8) is 0 Å². The monoisotopic (exact) mass is 243 g/mol. The molecule has 0 bridgehead atoms. The molecule has 2 aromatic rings. The second-order valence-corrected chi connectivity index (χ2v) is 4.24. The van der Waals surface area contributed by atoms with Gasteiger partial charge in [-0.05, 0) is 30.2 Å². The molecule has 0 fully saturated rings. The summed E-state index contributed by atoms with van der Waals surface area (Å²) < 4.78 is 0. The maximum atomic E-state index is 10.6. The van der Waals surface area contributed by atoms with Crippen molar-refractivity contribution in [3.05, 3.63) is 75.8 Å². The van der Waals surface area contributed by atoms with E-state index in [-0.39, 0.29) is 5.69 Å². The van der Waals surface area contributed by atoms with E-state index in [1.54, 1.807) is 19.1 Å². The molecule has 92 valence electrons. The first-order valence-corrected chi connectivity index (χ1v) is 5.54. The third-order valence-corrected chi connectivity index (χ3v) is 2.98. The lowest BCUT2D eigenvalue weighted by atomic mass is 9.88. The minimum absolute atomic E-state index is 0.0163. The Labute approximate surface area is 105 Å². The van der Waals surface area contributed by atoms with Gasteiger partial charge in [0.2, 0.25) is 0 Å². The van der Waals surface area contributed by atoms with Crippen LogP contribution in [-0.4, -0.2) is 10.0 Å². The molecule has 18 heavy (non-hydrogen) atoms. The van der Waals surface area contributed by atoms with Crippen molar-refractivity contribution in [2.75, 3.05) is 0 Å². The first-order valence-electron chi connectivity index (χ1n) is 5.54. The van der Waals surface area contributed by atoms with Crippen LogP contribution in [0.1, 0.15) is 18.1 Å². The van der Waals surface area contributed by atoms with Gasteiger partial charge in [0.15, 0.2) is 0 Å². The van der Waals surface area contributed by atoms with E-state index in [2.05, 4.69) is 0 Å². The van der Waals surface area contributed by atoms with E-state index < -0.39 is 10.5 Å². The van der Waals surface area contributed by atoms with E-state index in [4.69, 9.17) is 0 Å². The van der Waals surface area contributed by atoms with Crippen LogP contribution in [0.25, 0.3) is 0 Å². The molecular formula is C14H13NO3. The SMILES string of the molecule is CC(O)(c1ccccc1)c1ccc([N+](=O)[O-])cc1. The fourth-order valence-corrected chi connectivity index (χ4v) is 1.84. The van der Waals surface area contributed by atoms with Crippen LogP contribution in [0.3, 0.4) is 0 Å². The Morgan fingerprint density at radius 3 is 2.00 bits per heavy atom. The molecule has 0 saturated carbocycles. The van der Waals surface area contributed by atoms with E-state index >= 15 is 0 Å². The van der Waals surface area contributed by atoms with Crippen LogP contribution in [0.5, 0.6) is 0 Å². The number of nitro benzene ring substituents is 1. The summed E-state index contributed by atoms with van der Waals surface area (Å²) in [6.45, 7) is 1.67. The van der Waals surface area contributed by atoms with Crippen molar-refractivity contribution in [1.82, 2.24) is 0 Å². The Morgan fingerprint density at radius 1 is 1.00 bits per heavy atom. The molecule has 4 nitrogen and oxygen atoms in total. The highest BCUT2D eigenvalue weighted by Crippen LogP contribution is 2.29. The maximum Gasteiger partial charge on any atom is 0.269 e. The lowest BCUT2D eigenvalue weighted by Crippen LogP contribution is -2.22. The van der Waals surface area contributed by atoms with Crippen LogP contribution < -0.4 is 0 Å². The predicted octanol–water partition coefficient (Wildman–Crippen LogP) is 2.85. The standard InChI is InChI=1S/C14H13NO3/c1-14(16,11-5-3-2-4-6-11)12-7-9-13(10-8-12)15(17)18/h2-10,16H,1H3. The van der Waals surface area contributed by atoms with Gasteiger partial charge in [-0.3, -0.25) is 10.1 Å². The summed E-state index contributed by atoms with van der Waals surface area (Å²) in [5, 5.41) is 21.1. The molecule has 1 N–H and O–H groups in total. The van der Waals surface area contributed by atoms with Crippen molar-refractivity contribution < 1.29 is 10.0 Å². The van der Waals surface area contributed by atoms with Gasteiger partial charge < -0.3 is 5.11 Å². The van der Waals surface area contributed by atoms with Crippen LogP contribution >= 0.6 is 0 Å². The number of hydrogen-bond donors (Lipinski definition) is 1. The van der Waals surface area contributed by atoms with Crippen LogP contribution in [0.4, 0.5) is 5.69 Å². The van der Waals surface area contributed by atoms with Gasteiger partial charge in [-0.15, -0.1) is 0 Å². The Kier molecular flexibility index (Phi) is 3.12. The number of aliphatic hydroxyl groups is 1. The Bertz CT molecular complexity index is 547. The predicted molar refractivity (Wildman–Crippen MR) is 68.2 cm³/mol. The zero-order valence-corrected chi connectivity index (χ0v) is 9.91. The molecule has 0 aromatic heterocycles. The third kappa shape index (κ3) is 2.24. The van der Waals surface area contributed by atoms with Gasteiger partial charge in [0, 0.05) is 12.1 Å². The van der Waals surface area contributed by atoms with Gasteiger partial charge in [-0.2, -0.15) is 0 Å². The number of rotatable bonds is 3. The summed E-state index contributed by atoms with van der Waals surface area (Å²) in [4.78, 5) is 10.1. The first kappa shape index (κ1) is 12.3. The first-order chi connectivity index (χ1) is 8.51. The van der Waals surface area contributed by atoms with Crippen molar-refractivity contribution in [1.29, 1.82) is 0 Å². The normalized spacial score (nSPS) is 13.9. The van der Waals surface area contributed by atoms with E-state index in [9.17, 15) is 15.2 Å². The average Bonchev–Trinajstić information content (AvgIpc) is 2.40. The van der Waals surface area contributed by atoms with Crippen molar-refractivity contribution >= 4 is 5.69 Å². The van der Waals surface area contributed by atoms with Crippen molar-refractivity contribution in [3.8, 4) is 0 Å². The highest BCUT2D eigenvalue weighted by Gasteiger charge is 2.25. The third-order valence-electron chi connectivity index (χ3n) is 2.98. The molecule has 0 amide bonds. The Hall–Kier alpha value is -2.20. The number of hydrogen-bond acceptors (Lipinski definition) is 3. The molecule has 1 unspecified atom stereocenters. The molecule has 0 aliphatic rings. The molecular weight excluding hydrogens is 230 g/mol. The molecule has 4 heteroatoms. The molecule has 2 rings (SSSR count). The largest absolute Gasteiger partial charge is 0.381 e. The maximum absolute atomic E-state index is 10.6. The fourth-order valence-electron chi connectivity index (χ4n) is 1.84. The molecule has 2 aromatic carbocycles. The number of non-ortho nitro benzene ring substituents is 1. The molecule has 0 aliphatic heterocycles. The topological polar surface area (TPSA) is 63.4 Å². The molecule has 0 aliphatic carbocycles. The Balaban J connectivity index is 2.39. The highest BCUT2D eigenvalue weighted by atomic mass is 16.6. The summed E-state index contributed by atoms with van der Waals surface area (Å²) in [7, 11) is 0. The Morgan fingerprint density at radius 2 is 1.50 bits per heavy atom. The molecule has 0 saturated heterocycles. The van der Waals surface area contributed by atoms with Gasteiger partial charge in [0.25, 0.3) is 5.69 Å². The number of nitrogens with zero attached hydrogens (tertiary/aromatic N) is 1. The van der Waals surface area contributed by atoms with Gasteiger partial charge in [-0.25, -0.2) is 0 Å². The zero-order chi connectivity index (χ0) is 13.2. The minimum atomic E-state index is -1.16. The summed E-state index contributed by atoms with van der Waals surface area (Å²) in [5.74, 6) is 0. The van der Waals surface area contributed by atoms with Gasteiger partial charge in [0.1, 0.15) is 5.60 Å². The van der Waals surface area contributed by atoms with Crippen LogP contribution in [0.2, 0.25) is 0 Å². The zero-order valence-electron chi connectivity index (χ0n) is 9.91. The minimum Gasteiger partial charge on any atom is -0.381 e. The van der Waals surface area contributed by atoms with Crippen LogP contribution in [0, 0.1) is 10.1 Å².